The van der Waals surface area contributed by atoms with Crippen LogP contribution in [0.15, 0.2) is 23.4 Å². The summed E-state index contributed by atoms with van der Waals surface area (Å²) in [5, 5.41) is 5.21. The summed E-state index contributed by atoms with van der Waals surface area (Å²) in [6, 6.07) is 3.87. The van der Waals surface area contributed by atoms with Gasteiger partial charge in [0.15, 0.2) is 0 Å². The number of nitrogens with one attached hydrogen (secondary N) is 1. The lowest BCUT2D eigenvalue weighted by atomic mass is 10.2. The van der Waals surface area contributed by atoms with Crippen molar-refractivity contribution in [2.75, 3.05) is 18.8 Å². The third kappa shape index (κ3) is 7.63. The van der Waals surface area contributed by atoms with Gasteiger partial charge in [0.2, 0.25) is 0 Å². The molecule has 0 aliphatic heterocycles. The molecule has 1 aromatic heterocycles. The predicted octanol–water partition coefficient (Wildman–Crippen LogP) is 3.85. The Morgan fingerprint density at radius 2 is 2.18 bits per heavy atom. The van der Waals surface area contributed by atoms with Gasteiger partial charge in [-0.3, -0.25) is 0 Å². The van der Waals surface area contributed by atoms with Crippen LogP contribution in [0.3, 0.4) is 0 Å². The van der Waals surface area contributed by atoms with E-state index in [0.717, 1.165) is 29.8 Å². The molecule has 0 spiro atoms. The molecule has 0 aromatic carbocycles. The molecule has 1 aromatic rings. The molecular weight excluding hydrogens is 252 g/mol. The summed E-state index contributed by atoms with van der Waals surface area (Å²) in [5.41, 5.74) is 0. The van der Waals surface area contributed by atoms with E-state index in [9.17, 15) is 0 Å². The van der Waals surface area contributed by atoms with Crippen LogP contribution >= 0.6 is 23.4 Å². The summed E-state index contributed by atoms with van der Waals surface area (Å²) in [5.74, 6) is 1.86. The molecule has 1 rings (SSSR count). The zero-order chi connectivity index (χ0) is 12.5. The number of halogens is 1. The van der Waals surface area contributed by atoms with Crippen LogP contribution in [0.25, 0.3) is 0 Å². The van der Waals surface area contributed by atoms with Crippen molar-refractivity contribution in [1.82, 2.24) is 10.3 Å². The Kier molecular flexibility index (Phi) is 7.65. The van der Waals surface area contributed by atoms with Crippen molar-refractivity contribution in [2.24, 2.45) is 5.92 Å². The lowest BCUT2D eigenvalue weighted by molar-refractivity contribution is 0.541. The number of thioether (sulfide) groups is 1. The first-order valence-electron chi connectivity index (χ1n) is 6.13. The molecule has 0 aliphatic rings. The number of unbranched alkanes of at least 4 members (excludes halogenated alkanes) is 1. The minimum Gasteiger partial charge on any atom is -0.316 e. The molecule has 0 unspecified atom stereocenters. The van der Waals surface area contributed by atoms with E-state index in [-0.39, 0.29) is 0 Å². The maximum Gasteiger partial charge on any atom is 0.0960 e. The van der Waals surface area contributed by atoms with Crippen LogP contribution in [0.1, 0.15) is 26.7 Å². The molecule has 17 heavy (non-hydrogen) atoms. The lowest BCUT2D eigenvalue weighted by Gasteiger charge is -2.06. The van der Waals surface area contributed by atoms with Crippen molar-refractivity contribution in [1.29, 1.82) is 0 Å². The van der Waals surface area contributed by atoms with E-state index in [1.807, 2.05) is 12.1 Å². The van der Waals surface area contributed by atoms with E-state index in [1.165, 1.54) is 12.8 Å². The third-order valence-electron chi connectivity index (χ3n) is 2.25. The van der Waals surface area contributed by atoms with Gasteiger partial charge in [-0.1, -0.05) is 25.4 Å². The SMILES string of the molecule is CC(C)CNCCCCSc1ccc(Cl)cn1. The smallest absolute Gasteiger partial charge is 0.0960 e. The first-order valence-corrected chi connectivity index (χ1v) is 7.50. The number of hydrogen-bond acceptors (Lipinski definition) is 3. The zero-order valence-electron chi connectivity index (χ0n) is 10.6. The average Bonchev–Trinajstić information content (AvgIpc) is 2.30. The summed E-state index contributed by atoms with van der Waals surface area (Å²) < 4.78 is 0. The first-order chi connectivity index (χ1) is 8.18. The van der Waals surface area contributed by atoms with E-state index in [2.05, 4.69) is 24.1 Å². The molecule has 0 saturated carbocycles. The van der Waals surface area contributed by atoms with Crippen LogP contribution in [0, 0.1) is 5.92 Å². The lowest BCUT2D eigenvalue weighted by Crippen LogP contribution is -2.20. The second kappa shape index (κ2) is 8.78. The van der Waals surface area contributed by atoms with Crippen molar-refractivity contribution in [3.8, 4) is 0 Å². The fourth-order valence-electron chi connectivity index (χ4n) is 1.37. The molecule has 0 saturated heterocycles. The summed E-state index contributed by atoms with van der Waals surface area (Å²) in [4.78, 5) is 4.25. The molecule has 0 radical (unpaired) electrons. The van der Waals surface area contributed by atoms with Gasteiger partial charge >= 0.3 is 0 Å². The monoisotopic (exact) mass is 272 g/mol. The summed E-state index contributed by atoms with van der Waals surface area (Å²) >= 11 is 7.57. The summed E-state index contributed by atoms with van der Waals surface area (Å²) in [7, 11) is 0. The Morgan fingerprint density at radius 1 is 1.35 bits per heavy atom. The van der Waals surface area contributed by atoms with Crippen LogP contribution in [0.2, 0.25) is 5.02 Å². The molecule has 1 heterocycles. The topological polar surface area (TPSA) is 24.9 Å². The highest BCUT2D eigenvalue weighted by Crippen LogP contribution is 2.18. The van der Waals surface area contributed by atoms with Gasteiger partial charge in [0.05, 0.1) is 10.0 Å². The molecule has 0 aliphatic carbocycles. The van der Waals surface area contributed by atoms with Crippen LogP contribution in [0.4, 0.5) is 0 Å². The van der Waals surface area contributed by atoms with Crippen molar-refractivity contribution in [2.45, 2.75) is 31.7 Å². The number of nitrogens with zero attached hydrogens (tertiary/aromatic N) is 1. The average molecular weight is 273 g/mol. The van der Waals surface area contributed by atoms with Crippen LogP contribution < -0.4 is 5.32 Å². The van der Waals surface area contributed by atoms with Crippen molar-refractivity contribution >= 4 is 23.4 Å². The molecule has 0 amide bonds. The van der Waals surface area contributed by atoms with Crippen LogP contribution in [0.5, 0.6) is 0 Å². The molecule has 4 heteroatoms. The van der Waals surface area contributed by atoms with E-state index in [1.54, 1.807) is 18.0 Å². The first kappa shape index (κ1) is 14.8. The zero-order valence-corrected chi connectivity index (χ0v) is 12.2. The van der Waals surface area contributed by atoms with Gasteiger partial charge in [-0.25, -0.2) is 4.98 Å². The van der Waals surface area contributed by atoms with Gasteiger partial charge in [0.1, 0.15) is 0 Å². The molecule has 2 nitrogen and oxygen atoms in total. The Labute approximate surface area is 114 Å². The van der Waals surface area contributed by atoms with Crippen molar-refractivity contribution < 1.29 is 0 Å². The molecule has 0 atom stereocenters. The minimum absolute atomic E-state index is 0.701. The Hall–Kier alpha value is -0.250. The number of hydrogen-bond donors (Lipinski definition) is 1. The third-order valence-corrected chi connectivity index (χ3v) is 3.50. The fraction of sp³-hybridized carbons (Fsp3) is 0.615. The highest BCUT2D eigenvalue weighted by Gasteiger charge is 1.96. The molecular formula is C13H21ClN2S. The van der Waals surface area contributed by atoms with E-state index >= 15 is 0 Å². The minimum atomic E-state index is 0.701. The molecule has 1 N–H and O–H groups in total. The Balaban J connectivity index is 1.99. The molecule has 96 valence electrons. The number of aromatic nitrogens is 1. The Morgan fingerprint density at radius 3 is 2.82 bits per heavy atom. The normalized spacial score (nSPS) is 11.1. The highest BCUT2D eigenvalue weighted by molar-refractivity contribution is 7.99. The predicted molar refractivity (Wildman–Crippen MR) is 76.9 cm³/mol. The second-order valence-corrected chi connectivity index (χ2v) is 6.02. The van der Waals surface area contributed by atoms with Crippen LogP contribution in [-0.4, -0.2) is 23.8 Å². The maximum absolute atomic E-state index is 5.78. The largest absolute Gasteiger partial charge is 0.316 e. The van der Waals surface area contributed by atoms with Gasteiger partial charge < -0.3 is 5.32 Å². The fourth-order valence-corrected chi connectivity index (χ4v) is 2.33. The van der Waals surface area contributed by atoms with Gasteiger partial charge in [-0.2, -0.15) is 0 Å². The van der Waals surface area contributed by atoms with E-state index < -0.39 is 0 Å². The van der Waals surface area contributed by atoms with Crippen molar-refractivity contribution in [3.05, 3.63) is 23.4 Å². The van der Waals surface area contributed by atoms with Crippen molar-refractivity contribution in [3.63, 3.8) is 0 Å². The van der Waals surface area contributed by atoms with Gasteiger partial charge in [-0.15, -0.1) is 11.8 Å². The number of pyridine rings is 1. The van der Waals surface area contributed by atoms with Gasteiger partial charge in [0.25, 0.3) is 0 Å². The van der Waals surface area contributed by atoms with Gasteiger partial charge in [-0.05, 0) is 49.7 Å². The van der Waals surface area contributed by atoms with E-state index in [0.29, 0.717) is 5.02 Å². The quantitative estimate of drug-likeness (QED) is 0.575. The second-order valence-electron chi connectivity index (χ2n) is 4.47. The summed E-state index contributed by atoms with van der Waals surface area (Å²) in [6.07, 6.45) is 4.15. The number of rotatable bonds is 8. The molecule has 0 fully saturated rings. The molecule has 0 bridgehead atoms. The van der Waals surface area contributed by atoms with E-state index in [4.69, 9.17) is 11.6 Å². The standard InChI is InChI=1S/C13H21ClN2S/c1-11(2)9-15-7-3-4-8-17-13-6-5-12(14)10-16-13/h5-6,10-11,15H,3-4,7-9H2,1-2H3. The summed E-state index contributed by atoms with van der Waals surface area (Å²) in [6.45, 7) is 6.70. The Bertz CT molecular complexity index is 301. The maximum atomic E-state index is 5.78. The highest BCUT2D eigenvalue weighted by atomic mass is 35.5. The van der Waals surface area contributed by atoms with Gasteiger partial charge in [0, 0.05) is 6.20 Å². The van der Waals surface area contributed by atoms with Crippen LogP contribution in [-0.2, 0) is 0 Å².